The lowest BCUT2D eigenvalue weighted by molar-refractivity contribution is -0.359. The molecular weight excluding hydrogens is 789 g/mol. The molecule has 0 aromatic heterocycles. The summed E-state index contributed by atoms with van der Waals surface area (Å²) in [6.45, 7) is 14.1. The van der Waals surface area contributed by atoms with E-state index >= 15 is 0 Å². The third-order valence-electron chi connectivity index (χ3n) is 15.9. The summed E-state index contributed by atoms with van der Waals surface area (Å²) in [6.07, 6.45) is 6.36. The quantitative estimate of drug-likeness (QED) is 0.291. The zero-order valence-corrected chi connectivity index (χ0v) is 37.2. The molecule has 0 aromatic rings. The molecule has 9 aliphatic rings. The number of aliphatic hydroxyl groups excluding tert-OH is 2. The van der Waals surface area contributed by atoms with Crippen molar-refractivity contribution in [2.75, 3.05) is 6.61 Å². The fourth-order valence-electron chi connectivity index (χ4n) is 12.5. The van der Waals surface area contributed by atoms with Gasteiger partial charge in [0.1, 0.15) is 48.3 Å². The van der Waals surface area contributed by atoms with E-state index in [2.05, 4.69) is 26.8 Å². The molecule has 3 N–H and O–H groups in total. The zero-order valence-electron chi connectivity index (χ0n) is 37.2. The molecule has 19 atom stereocenters. The van der Waals surface area contributed by atoms with Crippen LogP contribution in [0.3, 0.4) is 0 Å². The van der Waals surface area contributed by atoms with Gasteiger partial charge in [-0.1, -0.05) is 37.6 Å². The third-order valence-corrected chi connectivity index (χ3v) is 15.9. The van der Waals surface area contributed by atoms with Crippen LogP contribution in [0.2, 0.25) is 0 Å². The Balaban J connectivity index is 1.00. The molecule has 0 saturated carbocycles. The molecule has 2 spiro atoms. The fraction of sp³-hybridized carbons (Fsp3) is 0.872. The summed E-state index contributed by atoms with van der Waals surface area (Å²) >= 11 is 0. The summed E-state index contributed by atoms with van der Waals surface area (Å²) in [5.41, 5.74) is -1.17. The molecular formula is C47H70O14. The van der Waals surface area contributed by atoms with Crippen LogP contribution in [0.25, 0.3) is 0 Å². The minimum atomic E-state index is -1.95. The highest BCUT2D eigenvalue weighted by Gasteiger charge is 2.65. The molecule has 0 amide bonds. The Morgan fingerprint density at radius 3 is 2.34 bits per heavy atom. The van der Waals surface area contributed by atoms with Crippen LogP contribution in [-0.2, 0) is 52.2 Å². The first-order valence-corrected chi connectivity index (χ1v) is 23.3. The van der Waals surface area contributed by atoms with Crippen LogP contribution >= 0.6 is 0 Å². The van der Waals surface area contributed by atoms with Crippen molar-refractivity contribution in [1.82, 2.24) is 0 Å². The van der Waals surface area contributed by atoms with Crippen LogP contribution < -0.4 is 0 Å². The molecule has 14 heteroatoms. The summed E-state index contributed by atoms with van der Waals surface area (Å²) in [6, 6.07) is 0. The van der Waals surface area contributed by atoms with Gasteiger partial charge >= 0.3 is 5.97 Å². The second-order valence-electron chi connectivity index (χ2n) is 21.3. The van der Waals surface area contributed by atoms with E-state index in [9.17, 15) is 24.9 Å². The van der Waals surface area contributed by atoms with Gasteiger partial charge < -0.3 is 58.0 Å². The van der Waals surface area contributed by atoms with Crippen molar-refractivity contribution in [1.29, 1.82) is 0 Å². The van der Waals surface area contributed by atoms with Crippen LogP contribution in [-0.4, -0.2) is 129 Å². The highest BCUT2D eigenvalue weighted by Crippen LogP contribution is 2.55. The van der Waals surface area contributed by atoms with E-state index in [0.717, 1.165) is 37.7 Å². The van der Waals surface area contributed by atoms with Gasteiger partial charge in [-0.15, -0.1) is 0 Å². The molecule has 61 heavy (non-hydrogen) atoms. The van der Waals surface area contributed by atoms with Gasteiger partial charge in [-0.3, -0.25) is 9.59 Å². The number of allylic oxidation sites excluding steroid dienone is 3. The van der Waals surface area contributed by atoms with Crippen LogP contribution in [0.4, 0.5) is 0 Å². The minimum absolute atomic E-state index is 0.0222. The lowest BCUT2D eigenvalue weighted by Crippen LogP contribution is -2.59. The van der Waals surface area contributed by atoms with Crippen molar-refractivity contribution in [3.05, 3.63) is 23.8 Å². The third kappa shape index (κ3) is 8.14. The molecule has 9 rings (SSSR count). The Labute approximate surface area is 360 Å². The number of Topliss-reactive ketones (excluding diaryl/α,β-unsaturated/α-hetero) is 1. The number of rotatable bonds is 1. The van der Waals surface area contributed by atoms with Gasteiger partial charge in [-0.25, -0.2) is 0 Å². The molecule has 14 nitrogen and oxygen atoms in total. The summed E-state index contributed by atoms with van der Waals surface area (Å²) in [5, 5.41) is 34.8. The van der Waals surface area contributed by atoms with E-state index in [-0.39, 0.29) is 43.2 Å². The fourth-order valence-corrected chi connectivity index (χ4v) is 12.5. The number of hydrogen-bond acceptors (Lipinski definition) is 14. The van der Waals surface area contributed by atoms with Crippen molar-refractivity contribution >= 4 is 11.8 Å². The van der Waals surface area contributed by atoms with Crippen molar-refractivity contribution in [2.24, 2.45) is 17.8 Å². The van der Waals surface area contributed by atoms with Gasteiger partial charge in [0.2, 0.25) is 5.79 Å². The SMILES string of the molecule is CC1=C\[C@@H](C)C[C@]2(C)CCC(O2)[C@@]23CC[C@@](C)(C[C@@H](O2)C2O[C@@](C)(CC2=O)[C@H](O)[C@H]2CCC4(CCC[C@@H](O4)[C@H](C)C(=O)O[C@H]4CC([C@]5(O)OCC[C@H](C)[C@@H]5O)OC4\C=C\1)O2)O3. The monoisotopic (exact) mass is 858 g/mol. The summed E-state index contributed by atoms with van der Waals surface area (Å²) in [5.74, 6) is -5.28. The zero-order chi connectivity index (χ0) is 43.3. The second-order valence-corrected chi connectivity index (χ2v) is 21.3. The largest absolute Gasteiger partial charge is 0.459 e. The van der Waals surface area contributed by atoms with E-state index in [0.29, 0.717) is 44.9 Å². The molecule has 8 fully saturated rings. The lowest BCUT2D eigenvalue weighted by Gasteiger charge is -2.47. The maximum Gasteiger partial charge on any atom is 0.311 e. The van der Waals surface area contributed by atoms with E-state index in [4.69, 9.17) is 42.6 Å². The Bertz CT molecular complexity index is 1750. The second kappa shape index (κ2) is 16.0. The number of hydrogen-bond donors (Lipinski definition) is 3. The number of fused-ring (bicyclic) bond motifs is 10. The number of ether oxygens (including phenoxy) is 9. The first-order valence-electron chi connectivity index (χ1n) is 23.3. The van der Waals surface area contributed by atoms with E-state index in [1.54, 1.807) is 13.8 Å². The highest BCUT2D eigenvalue weighted by molar-refractivity contribution is 5.86. The maximum atomic E-state index is 14.1. The Kier molecular flexibility index (Phi) is 11.6. The van der Waals surface area contributed by atoms with Crippen molar-refractivity contribution in [3.63, 3.8) is 0 Å². The first kappa shape index (κ1) is 44.4. The molecule has 0 aromatic carbocycles. The minimum Gasteiger partial charge on any atom is -0.459 e. The van der Waals surface area contributed by atoms with Crippen LogP contribution in [0.5, 0.6) is 0 Å². The molecule has 9 aliphatic heterocycles. The van der Waals surface area contributed by atoms with Crippen LogP contribution in [0.1, 0.15) is 138 Å². The lowest BCUT2D eigenvalue weighted by atomic mass is 9.87. The smallest absolute Gasteiger partial charge is 0.311 e. The Morgan fingerprint density at radius 2 is 1.54 bits per heavy atom. The summed E-state index contributed by atoms with van der Waals surface area (Å²) in [4.78, 5) is 28.0. The van der Waals surface area contributed by atoms with Gasteiger partial charge in [0.25, 0.3) is 0 Å². The Hall–Kier alpha value is -1.82. The molecule has 10 bridgehead atoms. The number of esters is 1. The molecule has 0 radical (unpaired) electrons. The normalized spacial score (nSPS) is 55.7. The maximum absolute atomic E-state index is 14.1. The van der Waals surface area contributed by atoms with Gasteiger partial charge in [0, 0.05) is 38.5 Å². The average molecular weight is 859 g/mol. The summed E-state index contributed by atoms with van der Waals surface area (Å²) < 4.78 is 59.0. The highest BCUT2D eigenvalue weighted by atomic mass is 16.8. The topological polar surface area (TPSA) is 178 Å². The average Bonchev–Trinajstić information content (AvgIpc) is 4.02. The standard InChI is InChI=1S/C47H70O14/c1-26-10-11-32-34(22-37(54-32)47(52)39(49)28(3)14-20-53-47)55-41(51)29(4)31-9-8-15-45(56-31)17-12-33(57-45)40(50)44(7)24-30(48)38(60-44)35-25-43(6)18-19-46(58-35,61-43)36-13-16-42(5,59-36)23-27(2)21-26/h10-11,21,27-29,31-40,49-50,52H,8-9,12-20,22-25H2,1-7H3/b11-10+,26-21+/t27-,28+,29+,31-,32?,33-,34+,35-,36?,37?,38?,39+,40-,42+,43+,44+,45?,46+,47+/m1/s1. The molecule has 342 valence electrons. The summed E-state index contributed by atoms with van der Waals surface area (Å²) in [7, 11) is 0. The molecule has 5 unspecified atom stereocenters. The predicted molar refractivity (Wildman–Crippen MR) is 218 cm³/mol. The number of ketones is 1. The molecule has 0 aliphatic carbocycles. The van der Waals surface area contributed by atoms with E-state index in [1.165, 1.54) is 0 Å². The van der Waals surface area contributed by atoms with E-state index < -0.39 is 101 Å². The van der Waals surface area contributed by atoms with Crippen LogP contribution in [0, 0.1) is 17.8 Å². The van der Waals surface area contributed by atoms with Gasteiger partial charge in [-0.2, -0.15) is 0 Å². The van der Waals surface area contributed by atoms with Crippen molar-refractivity contribution in [2.45, 2.75) is 234 Å². The van der Waals surface area contributed by atoms with Gasteiger partial charge in [0.15, 0.2) is 17.4 Å². The van der Waals surface area contributed by atoms with Crippen molar-refractivity contribution < 1.29 is 67.5 Å². The molecule has 9 heterocycles. The first-order chi connectivity index (χ1) is 28.7. The van der Waals surface area contributed by atoms with Gasteiger partial charge in [-0.05, 0) is 97.8 Å². The number of aliphatic hydroxyl groups is 3. The van der Waals surface area contributed by atoms with Crippen LogP contribution in [0.15, 0.2) is 23.8 Å². The number of carbonyl (C=O) groups is 2. The van der Waals surface area contributed by atoms with Crippen molar-refractivity contribution in [3.8, 4) is 0 Å². The predicted octanol–water partition coefficient (Wildman–Crippen LogP) is 5.25. The van der Waals surface area contributed by atoms with E-state index in [1.807, 2.05) is 26.0 Å². The number of carbonyl (C=O) groups excluding carboxylic acids is 2. The Morgan fingerprint density at radius 1 is 0.754 bits per heavy atom. The van der Waals surface area contributed by atoms with Gasteiger partial charge in [0.05, 0.1) is 42.0 Å². The molecule has 8 saturated heterocycles.